The first-order valence-corrected chi connectivity index (χ1v) is 4.98. The van der Waals surface area contributed by atoms with Crippen molar-refractivity contribution in [3.63, 3.8) is 0 Å². The first-order valence-electron chi connectivity index (χ1n) is 4.98. The molecule has 0 aromatic heterocycles. The molecule has 0 spiro atoms. The molecule has 0 aromatic carbocycles. The Bertz CT molecular complexity index is 320. The van der Waals surface area contributed by atoms with E-state index < -0.39 is 6.04 Å². The summed E-state index contributed by atoms with van der Waals surface area (Å²) in [4.78, 5) is 17.3. The highest BCUT2D eigenvalue weighted by atomic mass is 16.2. The SMILES string of the molecule is C=C(C)N=CC(=C)N1CCCC(N)C1=O. The summed E-state index contributed by atoms with van der Waals surface area (Å²) in [5.74, 6) is -0.0700. The van der Waals surface area contributed by atoms with E-state index in [9.17, 15) is 4.79 Å². The summed E-state index contributed by atoms with van der Waals surface area (Å²) >= 11 is 0. The van der Waals surface area contributed by atoms with Crippen LogP contribution in [0.25, 0.3) is 0 Å². The zero-order valence-electron chi connectivity index (χ0n) is 9.07. The van der Waals surface area contributed by atoms with Crippen LogP contribution in [0.5, 0.6) is 0 Å². The number of aliphatic imine (C=N–C) groups is 1. The van der Waals surface area contributed by atoms with Crippen LogP contribution in [0, 0.1) is 0 Å². The molecule has 0 radical (unpaired) electrons. The van der Waals surface area contributed by atoms with Crippen LogP contribution in [-0.4, -0.2) is 29.6 Å². The second-order valence-electron chi connectivity index (χ2n) is 3.72. The average Bonchev–Trinajstić information content (AvgIpc) is 2.18. The van der Waals surface area contributed by atoms with Crippen LogP contribution in [0.15, 0.2) is 29.5 Å². The molecule has 0 aromatic rings. The molecular formula is C11H17N3O. The van der Waals surface area contributed by atoms with E-state index in [4.69, 9.17) is 5.73 Å². The first-order chi connectivity index (χ1) is 7.02. The van der Waals surface area contributed by atoms with Gasteiger partial charge in [0.15, 0.2) is 0 Å². The maximum atomic E-state index is 11.7. The van der Waals surface area contributed by atoms with Crippen molar-refractivity contribution in [2.24, 2.45) is 10.7 Å². The zero-order chi connectivity index (χ0) is 11.4. The van der Waals surface area contributed by atoms with Crippen LogP contribution in [0.4, 0.5) is 0 Å². The molecule has 15 heavy (non-hydrogen) atoms. The van der Waals surface area contributed by atoms with Crippen molar-refractivity contribution >= 4 is 12.1 Å². The second kappa shape index (κ2) is 4.89. The maximum absolute atomic E-state index is 11.7. The van der Waals surface area contributed by atoms with E-state index in [1.807, 2.05) is 0 Å². The minimum Gasteiger partial charge on any atom is -0.320 e. The second-order valence-corrected chi connectivity index (χ2v) is 3.72. The zero-order valence-corrected chi connectivity index (χ0v) is 9.07. The van der Waals surface area contributed by atoms with Gasteiger partial charge in [-0.15, -0.1) is 0 Å². The molecular weight excluding hydrogens is 190 g/mol. The van der Waals surface area contributed by atoms with Crippen molar-refractivity contribution in [3.05, 3.63) is 24.6 Å². The normalized spacial score (nSPS) is 22.1. The van der Waals surface area contributed by atoms with Gasteiger partial charge in [-0.2, -0.15) is 0 Å². The number of carbonyl (C=O) groups is 1. The molecule has 1 atom stereocenters. The predicted octanol–water partition coefficient (Wildman–Crippen LogP) is 1.05. The number of allylic oxidation sites excluding steroid dienone is 2. The van der Waals surface area contributed by atoms with Crippen molar-refractivity contribution in [2.75, 3.05) is 6.54 Å². The molecule has 1 saturated heterocycles. The van der Waals surface area contributed by atoms with Gasteiger partial charge >= 0.3 is 0 Å². The molecule has 2 N–H and O–H groups in total. The highest BCUT2D eigenvalue weighted by Crippen LogP contribution is 2.13. The van der Waals surface area contributed by atoms with Gasteiger partial charge in [0.2, 0.25) is 5.91 Å². The van der Waals surface area contributed by atoms with E-state index in [0.717, 1.165) is 12.8 Å². The molecule has 1 unspecified atom stereocenters. The Balaban J connectivity index is 2.66. The van der Waals surface area contributed by atoms with Gasteiger partial charge in [-0.25, -0.2) is 0 Å². The number of rotatable bonds is 3. The third-order valence-electron chi connectivity index (χ3n) is 2.26. The standard InChI is InChI=1S/C11H17N3O/c1-8(2)13-7-9(3)14-6-4-5-10(12)11(14)15/h7,10H,1,3-6,12H2,2H3. The lowest BCUT2D eigenvalue weighted by molar-refractivity contribution is -0.132. The lowest BCUT2D eigenvalue weighted by Crippen LogP contribution is -2.47. The molecule has 82 valence electrons. The number of nitrogens with two attached hydrogens (primary N) is 1. The molecule has 1 aliphatic heterocycles. The molecule has 1 rings (SSSR count). The number of piperidine rings is 1. The summed E-state index contributed by atoms with van der Waals surface area (Å²) < 4.78 is 0. The fourth-order valence-electron chi connectivity index (χ4n) is 1.44. The summed E-state index contributed by atoms with van der Waals surface area (Å²) in [6.07, 6.45) is 3.21. The molecule has 1 heterocycles. The van der Waals surface area contributed by atoms with Crippen LogP contribution < -0.4 is 5.73 Å². The fourth-order valence-corrected chi connectivity index (χ4v) is 1.44. The Morgan fingerprint density at radius 3 is 2.93 bits per heavy atom. The number of amides is 1. The average molecular weight is 207 g/mol. The Hall–Kier alpha value is -1.42. The van der Waals surface area contributed by atoms with E-state index in [2.05, 4.69) is 18.2 Å². The maximum Gasteiger partial charge on any atom is 0.243 e. The molecule has 1 aliphatic rings. The van der Waals surface area contributed by atoms with Crippen molar-refractivity contribution in [2.45, 2.75) is 25.8 Å². The van der Waals surface area contributed by atoms with Crippen LogP contribution in [0.3, 0.4) is 0 Å². The molecule has 1 fully saturated rings. The van der Waals surface area contributed by atoms with Crippen molar-refractivity contribution in [3.8, 4) is 0 Å². The quantitative estimate of drug-likeness (QED) is 0.703. The Kier molecular flexibility index (Phi) is 3.80. The van der Waals surface area contributed by atoms with Gasteiger partial charge in [0, 0.05) is 12.2 Å². The van der Waals surface area contributed by atoms with Gasteiger partial charge in [-0.05, 0) is 19.8 Å². The minimum atomic E-state index is -0.395. The smallest absolute Gasteiger partial charge is 0.243 e. The number of nitrogens with zero attached hydrogens (tertiary/aromatic N) is 2. The summed E-state index contributed by atoms with van der Waals surface area (Å²) in [5, 5.41) is 0. The van der Waals surface area contributed by atoms with Crippen LogP contribution >= 0.6 is 0 Å². The van der Waals surface area contributed by atoms with Crippen molar-refractivity contribution in [1.82, 2.24) is 4.90 Å². The Morgan fingerprint density at radius 2 is 2.33 bits per heavy atom. The van der Waals surface area contributed by atoms with Gasteiger partial charge in [0.05, 0.1) is 18.0 Å². The van der Waals surface area contributed by atoms with E-state index in [1.165, 1.54) is 0 Å². The van der Waals surface area contributed by atoms with E-state index in [-0.39, 0.29) is 5.91 Å². The molecule has 4 heteroatoms. The monoisotopic (exact) mass is 207 g/mol. The van der Waals surface area contributed by atoms with Crippen LogP contribution in [0.1, 0.15) is 19.8 Å². The molecule has 1 amide bonds. The third-order valence-corrected chi connectivity index (χ3v) is 2.26. The predicted molar refractivity (Wildman–Crippen MR) is 61.4 cm³/mol. The number of likely N-dealkylation sites (tertiary alicyclic amines) is 1. The van der Waals surface area contributed by atoms with Gasteiger partial charge in [-0.1, -0.05) is 13.2 Å². The summed E-state index contributed by atoms with van der Waals surface area (Å²) in [7, 11) is 0. The molecule has 0 aliphatic carbocycles. The van der Waals surface area contributed by atoms with Gasteiger partial charge in [-0.3, -0.25) is 9.79 Å². The first kappa shape index (κ1) is 11.7. The van der Waals surface area contributed by atoms with E-state index in [1.54, 1.807) is 18.0 Å². The van der Waals surface area contributed by atoms with E-state index in [0.29, 0.717) is 17.9 Å². The van der Waals surface area contributed by atoms with Crippen LogP contribution in [0.2, 0.25) is 0 Å². The summed E-state index contributed by atoms with van der Waals surface area (Å²) in [5.41, 5.74) is 6.93. The van der Waals surface area contributed by atoms with Crippen molar-refractivity contribution in [1.29, 1.82) is 0 Å². The van der Waals surface area contributed by atoms with E-state index >= 15 is 0 Å². The highest BCUT2D eigenvalue weighted by Gasteiger charge is 2.26. The number of hydrogen-bond acceptors (Lipinski definition) is 3. The largest absolute Gasteiger partial charge is 0.320 e. The lowest BCUT2D eigenvalue weighted by atomic mass is 10.1. The van der Waals surface area contributed by atoms with Gasteiger partial charge < -0.3 is 10.6 Å². The minimum absolute atomic E-state index is 0.0700. The Morgan fingerprint density at radius 1 is 1.67 bits per heavy atom. The lowest BCUT2D eigenvalue weighted by Gasteiger charge is -2.30. The van der Waals surface area contributed by atoms with Crippen molar-refractivity contribution < 1.29 is 4.79 Å². The third kappa shape index (κ3) is 3.02. The molecule has 0 bridgehead atoms. The van der Waals surface area contributed by atoms with Gasteiger partial charge in [0.1, 0.15) is 0 Å². The number of carbonyl (C=O) groups excluding carboxylic acids is 1. The number of hydrogen-bond donors (Lipinski definition) is 1. The molecule has 4 nitrogen and oxygen atoms in total. The topological polar surface area (TPSA) is 58.7 Å². The fraction of sp³-hybridized carbons (Fsp3) is 0.455. The van der Waals surface area contributed by atoms with Gasteiger partial charge in [0.25, 0.3) is 0 Å². The van der Waals surface area contributed by atoms with Crippen LogP contribution in [-0.2, 0) is 4.79 Å². The Labute approximate surface area is 90.2 Å². The molecule has 0 saturated carbocycles. The highest BCUT2D eigenvalue weighted by molar-refractivity contribution is 5.91. The summed E-state index contributed by atoms with van der Waals surface area (Å²) in [6.45, 7) is 9.89. The summed E-state index contributed by atoms with van der Waals surface area (Å²) in [6, 6.07) is -0.395.